The van der Waals surface area contributed by atoms with Gasteiger partial charge in [0, 0.05) is 27.2 Å². The molecule has 4 rings (SSSR count). The molecule has 4 aromatic rings. The zero-order valence-electron chi connectivity index (χ0n) is 15.7. The van der Waals surface area contributed by atoms with Crippen LogP contribution in [0.2, 0.25) is 0 Å². The Kier molecular flexibility index (Phi) is 7.78. The van der Waals surface area contributed by atoms with Gasteiger partial charge in [0.2, 0.25) is 0 Å². The fourth-order valence-electron chi connectivity index (χ4n) is 2.76. The van der Waals surface area contributed by atoms with Gasteiger partial charge in [-0.2, -0.15) is 22.7 Å². The van der Waals surface area contributed by atoms with Gasteiger partial charge in [0.05, 0.1) is 5.69 Å². The van der Waals surface area contributed by atoms with E-state index in [1.165, 1.54) is 22.7 Å². The van der Waals surface area contributed by atoms with Crippen LogP contribution in [-0.4, -0.2) is 9.97 Å². The SMILES string of the molecule is CCCCC(C)(c1csc(/N=c2\[n-]ccs2)n1)c1cs/c(=N/c2nccs2)[n-]1.[Cu+2]. The van der Waals surface area contributed by atoms with Crippen LogP contribution in [0, 0.1) is 0 Å². The van der Waals surface area contributed by atoms with Crippen molar-refractivity contribution >= 4 is 55.6 Å². The monoisotopic (exact) mass is 509 g/mol. The normalized spacial score (nSPS) is 14.7. The average Bonchev–Trinajstić information content (AvgIpc) is 3.48. The number of hydrogen-bond acceptors (Lipinski definition) is 8. The van der Waals surface area contributed by atoms with Crippen molar-refractivity contribution in [1.82, 2.24) is 19.9 Å². The molecule has 1 unspecified atom stereocenters. The second kappa shape index (κ2) is 10.1. The molecule has 0 amide bonds. The van der Waals surface area contributed by atoms with Crippen molar-refractivity contribution in [3.63, 3.8) is 0 Å². The van der Waals surface area contributed by atoms with E-state index in [-0.39, 0.29) is 22.5 Å². The third-order valence-corrected chi connectivity index (χ3v) is 7.17. The van der Waals surface area contributed by atoms with E-state index in [4.69, 9.17) is 9.97 Å². The summed E-state index contributed by atoms with van der Waals surface area (Å²) in [6.45, 7) is 4.42. The van der Waals surface area contributed by atoms with Gasteiger partial charge in [0.1, 0.15) is 10.3 Å². The van der Waals surface area contributed by atoms with Crippen molar-refractivity contribution in [2.45, 2.75) is 38.5 Å². The number of thiazole rings is 4. The molecule has 29 heavy (non-hydrogen) atoms. The molecular weight excluding hydrogens is 492 g/mol. The predicted molar refractivity (Wildman–Crippen MR) is 116 cm³/mol. The Morgan fingerprint density at radius 1 is 1.03 bits per heavy atom. The van der Waals surface area contributed by atoms with Crippen molar-refractivity contribution in [1.29, 1.82) is 0 Å². The van der Waals surface area contributed by atoms with Crippen LogP contribution < -0.4 is 19.6 Å². The predicted octanol–water partition coefficient (Wildman–Crippen LogP) is 4.60. The summed E-state index contributed by atoms with van der Waals surface area (Å²) in [6, 6.07) is 0. The van der Waals surface area contributed by atoms with E-state index in [0.29, 0.717) is 0 Å². The van der Waals surface area contributed by atoms with Crippen LogP contribution in [0.4, 0.5) is 10.3 Å². The van der Waals surface area contributed by atoms with Crippen molar-refractivity contribution in [2.24, 2.45) is 9.98 Å². The number of rotatable bonds is 7. The summed E-state index contributed by atoms with van der Waals surface area (Å²) in [7, 11) is 0. The maximum Gasteiger partial charge on any atom is 2.00 e. The average molecular weight is 510 g/mol. The smallest absolute Gasteiger partial charge is 0.433 e. The molecule has 0 bridgehead atoms. The molecule has 0 aliphatic heterocycles. The standard InChI is InChI=1S/C18H18N6S4.Cu/c1-3-4-5-18(2,12-10-27-16(21-12)23-14-19-6-8-25-14)13-11-28-17(22-13)24-15-20-7-9-26-15;/h6-11H,3-5H2,1-2H3;/q-2;+2. The first-order chi connectivity index (χ1) is 13.7. The molecule has 0 spiro atoms. The van der Waals surface area contributed by atoms with Crippen molar-refractivity contribution in [3.8, 4) is 0 Å². The van der Waals surface area contributed by atoms with Crippen molar-refractivity contribution < 1.29 is 17.1 Å². The van der Waals surface area contributed by atoms with Crippen molar-refractivity contribution in [2.75, 3.05) is 0 Å². The summed E-state index contributed by atoms with van der Waals surface area (Å²) < 4.78 is 0. The minimum Gasteiger partial charge on any atom is -0.433 e. The summed E-state index contributed by atoms with van der Waals surface area (Å²) in [5, 5.41) is 9.49. The Morgan fingerprint density at radius 2 is 1.90 bits per heavy atom. The summed E-state index contributed by atoms with van der Waals surface area (Å²) in [5.74, 6) is 0. The first kappa shape index (κ1) is 22.3. The van der Waals surface area contributed by atoms with Gasteiger partial charge >= 0.3 is 17.1 Å². The van der Waals surface area contributed by atoms with E-state index >= 15 is 0 Å². The van der Waals surface area contributed by atoms with Crippen LogP contribution in [-0.2, 0) is 22.5 Å². The van der Waals surface area contributed by atoms with Gasteiger partial charge in [-0.05, 0) is 27.7 Å². The maximum absolute atomic E-state index is 4.81. The Hall–Kier alpha value is -1.36. The van der Waals surface area contributed by atoms with Gasteiger partial charge in [-0.15, -0.1) is 22.7 Å². The van der Waals surface area contributed by atoms with Gasteiger partial charge in [0.15, 0.2) is 0 Å². The van der Waals surface area contributed by atoms with Crippen LogP contribution in [0.25, 0.3) is 0 Å². The van der Waals surface area contributed by atoms with Crippen LogP contribution in [0.5, 0.6) is 0 Å². The molecule has 0 aromatic carbocycles. The molecule has 0 aliphatic carbocycles. The zero-order chi connectivity index (χ0) is 19.4. The molecule has 0 saturated carbocycles. The Balaban J connectivity index is 0.00000240. The minimum atomic E-state index is -0.268. The van der Waals surface area contributed by atoms with Gasteiger partial charge < -0.3 is 20.0 Å². The van der Waals surface area contributed by atoms with E-state index in [0.717, 1.165) is 50.5 Å². The minimum absolute atomic E-state index is 0. The van der Waals surface area contributed by atoms with E-state index < -0.39 is 0 Å². The summed E-state index contributed by atoms with van der Waals surface area (Å²) in [6.07, 6.45) is 6.71. The first-order valence-electron chi connectivity index (χ1n) is 8.82. The molecule has 4 heterocycles. The topological polar surface area (TPSA) is 78.7 Å². The summed E-state index contributed by atoms with van der Waals surface area (Å²) in [4.78, 5) is 28.6. The van der Waals surface area contributed by atoms with Crippen LogP contribution in [0.1, 0.15) is 44.5 Å². The quantitative estimate of drug-likeness (QED) is 0.341. The van der Waals surface area contributed by atoms with E-state index in [9.17, 15) is 0 Å². The van der Waals surface area contributed by atoms with Crippen molar-refractivity contribution in [3.05, 3.63) is 54.9 Å². The number of aromatic nitrogens is 4. The Bertz CT molecular complexity index is 1130. The van der Waals surface area contributed by atoms with Crippen LogP contribution in [0.3, 0.4) is 0 Å². The molecule has 0 saturated heterocycles. The molecule has 11 heteroatoms. The molecule has 1 atom stereocenters. The Labute approximate surface area is 195 Å². The molecule has 0 aliphatic rings. The maximum atomic E-state index is 4.81. The van der Waals surface area contributed by atoms with E-state index in [1.54, 1.807) is 35.1 Å². The zero-order valence-corrected chi connectivity index (χ0v) is 19.9. The third kappa shape index (κ3) is 5.22. The fraction of sp³-hybridized carbons (Fsp3) is 0.333. The number of hydrogen-bond donors (Lipinski definition) is 0. The number of nitrogens with zero attached hydrogens (tertiary/aromatic N) is 6. The fourth-order valence-corrected chi connectivity index (χ4v) is 5.53. The van der Waals surface area contributed by atoms with Crippen LogP contribution >= 0.6 is 45.3 Å². The molecular formula is C18H18CuN6S4. The molecule has 1 radical (unpaired) electrons. The Morgan fingerprint density at radius 3 is 2.62 bits per heavy atom. The molecule has 6 nitrogen and oxygen atoms in total. The van der Waals surface area contributed by atoms with E-state index in [2.05, 4.69) is 44.6 Å². The summed E-state index contributed by atoms with van der Waals surface area (Å²) in [5.41, 5.74) is 1.75. The van der Waals surface area contributed by atoms with Gasteiger partial charge in [-0.25, -0.2) is 9.97 Å². The van der Waals surface area contributed by atoms with Gasteiger partial charge in [-0.1, -0.05) is 32.9 Å². The summed E-state index contributed by atoms with van der Waals surface area (Å²) >= 11 is 6.11. The second-order valence-electron chi connectivity index (χ2n) is 6.32. The molecule has 0 N–H and O–H groups in total. The molecule has 4 aromatic heterocycles. The van der Waals surface area contributed by atoms with E-state index in [1.807, 2.05) is 10.8 Å². The van der Waals surface area contributed by atoms with Gasteiger partial charge in [0.25, 0.3) is 0 Å². The third-order valence-electron chi connectivity index (χ3n) is 4.37. The second-order valence-corrected chi connectivity index (χ2v) is 9.74. The van der Waals surface area contributed by atoms with Crippen LogP contribution in [0.15, 0.2) is 43.9 Å². The largest absolute Gasteiger partial charge is 2.00 e. The molecule has 0 fully saturated rings. The van der Waals surface area contributed by atoms with Gasteiger partial charge in [-0.3, -0.25) is 0 Å². The first-order valence-corrected chi connectivity index (χ1v) is 12.3. The molecule has 155 valence electrons. The number of unbranched alkanes of at least 4 members (excludes halogenated alkanes) is 1.